The van der Waals surface area contributed by atoms with E-state index in [1.54, 1.807) is 6.33 Å². The lowest BCUT2D eigenvalue weighted by atomic mass is 10.3. The van der Waals surface area contributed by atoms with Gasteiger partial charge in [-0.15, -0.1) is 0 Å². The van der Waals surface area contributed by atoms with Crippen molar-refractivity contribution >= 4 is 5.82 Å². The van der Waals surface area contributed by atoms with Crippen LogP contribution in [0.2, 0.25) is 0 Å². The lowest BCUT2D eigenvalue weighted by Crippen LogP contribution is -1.96. The van der Waals surface area contributed by atoms with E-state index in [1.165, 1.54) is 0 Å². The summed E-state index contributed by atoms with van der Waals surface area (Å²) in [6.07, 6.45) is 2.64. The Morgan fingerprint density at radius 1 is 1.78 bits per heavy atom. The topological polar surface area (TPSA) is 43.8 Å². The van der Waals surface area contributed by atoms with Crippen LogP contribution >= 0.6 is 0 Å². The molecule has 50 valence electrons. The quantitative estimate of drug-likeness (QED) is 0.596. The fraction of sp³-hybridized carbons (Fsp3) is 0.500. The zero-order chi connectivity index (χ0) is 6.85. The molecular weight excluding hydrogens is 114 g/mol. The van der Waals surface area contributed by atoms with Gasteiger partial charge >= 0.3 is 0 Å². The van der Waals surface area contributed by atoms with Gasteiger partial charge in [0.25, 0.3) is 0 Å². The van der Waals surface area contributed by atoms with Gasteiger partial charge in [-0.2, -0.15) is 0 Å². The average molecular weight is 125 g/mol. The summed E-state index contributed by atoms with van der Waals surface area (Å²) >= 11 is 0. The predicted octanol–water partition coefficient (Wildman–Crippen LogP) is 0.565. The van der Waals surface area contributed by atoms with E-state index in [4.69, 9.17) is 5.73 Å². The van der Waals surface area contributed by atoms with Crippen LogP contribution in [0.25, 0.3) is 0 Å². The summed E-state index contributed by atoms with van der Waals surface area (Å²) in [5.74, 6) is 0.775. The molecule has 9 heavy (non-hydrogen) atoms. The predicted molar refractivity (Wildman–Crippen MR) is 37.0 cm³/mol. The Kier molecular flexibility index (Phi) is 1.42. The summed E-state index contributed by atoms with van der Waals surface area (Å²) < 4.78 is 1.82. The number of anilines is 1. The fourth-order valence-electron chi connectivity index (χ4n) is 0.761. The van der Waals surface area contributed by atoms with Crippen LogP contribution in [0.15, 0.2) is 6.33 Å². The highest BCUT2D eigenvalue weighted by atomic mass is 15.1. The van der Waals surface area contributed by atoms with Crippen molar-refractivity contribution < 1.29 is 0 Å². The van der Waals surface area contributed by atoms with E-state index < -0.39 is 0 Å². The van der Waals surface area contributed by atoms with Gasteiger partial charge in [0.1, 0.15) is 5.82 Å². The fourth-order valence-corrected chi connectivity index (χ4v) is 0.761. The number of rotatable bonds is 1. The number of nitrogens with zero attached hydrogens (tertiary/aromatic N) is 2. The van der Waals surface area contributed by atoms with Gasteiger partial charge in [-0.1, -0.05) is 6.92 Å². The highest BCUT2D eigenvalue weighted by molar-refractivity contribution is 5.35. The Bertz CT molecular complexity index is 202. The van der Waals surface area contributed by atoms with Crippen molar-refractivity contribution in [1.82, 2.24) is 9.55 Å². The highest BCUT2D eigenvalue weighted by Gasteiger charge is 1.99. The molecule has 1 aromatic heterocycles. The van der Waals surface area contributed by atoms with Gasteiger partial charge < -0.3 is 10.3 Å². The van der Waals surface area contributed by atoms with Crippen LogP contribution in [-0.4, -0.2) is 9.55 Å². The van der Waals surface area contributed by atoms with E-state index in [1.807, 2.05) is 18.5 Å². The van der Waals surface area contributed by atoms with Crippen LogP contribution in [0.4, 0.5) is 5.82 Å². The van der Waals surface area contributed by atoms with Crippen LogP contribution in [0, 0.1) is 0 Å². The molecule has 0 amide bonds. The first kappa shape index (κ1) is 6.13. The maximum absolute atomic E-state index is 5.61. The first-order chi connectivity index (χ1) is 4.25. The number of nitrogen functional groups attached to an aromatic ring is 1. The molecule has 0 aliphatic heterocycles. The van der Waals surface area contributed by atoms with Gasteiger partial charge in [-0.25, -0.2) is 4.98 Å². The molecular formula is C6H11N3. The number of nitrogens with two attached hydrogens (primary N) is 1. The van der Waals surface area contributed by atoms with Crippen molar-refractivity contribution in [3.8, 4) is 0 Å². The third-order valence-corrected chi connectivity index (χ3v) is 1.40. The number of imidazole rings is 1. The number of hydrogen-bond donors (Lipinski definition) is 1. The Labute approximate surface area is 54.5 Å². The lowest BCUT2D eigenvalue weighted by molar-refractivity contribution is 0.924. The summed E-state index contributed by atoms with van der Waals surface area (Å²) in [6.45, 7) is 2.04. The van der Waals surface area contributed by atoms with Crippen LogP contribution in [0.3, 0.4) is 0 Å². The van der Waals surface area contributed by atoms with E-state index in [0.29, 0.717) is 0 Å². The van der Waals surface area contributed by atoms with E-state index in [0.717, 1.165) is 17.9 Å². The minimum Gasteiger partial charge on any atom is -0.384 e. The van der Waals surface area contributed by atoms with Crippen LogP contribution < -0.4 is 5.73 Å². The molecule has 1 aromatic rings. The Morgan fingerprint density at radius 3 is 2.67 bits per heavy atom. The molecule has 0 radical (unpaired) electrons. The van der Waals surface area contributed by atoms with Crippen molar-refractivity contribution in [2.24, 2.45) is 7.05 Å². The minimum atomic E-state index is 0.775. The molecule has 0 atom stereocenters. The zero-order valence-electron chi connectivity index (χ0n) is 5.76. The van der Waals surface area contributed by atoms with Crippen LogP contribution in [0.5, 0.6) is 0 Å². The molecule has 0 saturated carbocycles. The molecule has 0 saturated heterocycles. The molecule has 2 N–H and O–H groups in total. The Hall–Kier alpha value is -0.990. The monoisotopic (exact) mass is 125 g/mol. The molecule has 0 fully saturated rings. The number of aromatic nitrogens is 2. The van der Waals surface area contributed by atoms with Crippen molar-refractivity contribution in [3.63, 3.8) is 0 Å². The smallest absolute Gasteiger partial charge is 0.126 e. The first-order valence-electron chi connectivity index (χ1n) is 3.01. The van der Waals surface area contributed by atoms with E-state index in [-0.39, 0.29) is 0 Å². The van der Waals surface area contributed by atoms with Gasteiger partial charge in [-0.05, 0) is 6.42 Å². The molecule has 3 nitrogen and oxygen atoms in total. The standard InChI is InChI=1S/C6H11N3/c1-3-5-6(7)9(2)4-8-5/h4H,3,7H2,1-2H3. The van der Waals surface area contributed by atoms with Crippen molar-refractivity contribution in [3.05, 3.63) is 12.0 Å². The second-order valence-electron chi connectivity index (χ2n) is 2.04. The normalized spacial score (nSPS) is 10.0. The van der Waals surface area contributed by atoms with Crippen molar-refractivity contribution in [2.45, 2.75) is 13.3 Å². The maximum Gasteiger partial charge on any atom is 0.126 e. The zero-order valence-corrected chi connectivity index (χ0v) is 5.76. The Morgan fingerprint density at radius 2 is 2.44 bits per heavy atom. The Balaban J connectivity index is 3.04. The largest absolute Gasteiger partial charge is 0.384 e. The maximum atomic E-state index is 5.61. The van der Waals surface area contributed by atoms with E-state index >= 15 is 0 Å². The van der Waals surface area contributed by atoms with E-state index in [9.17, 15) is 0 Å². The lowest BCUT2D eigenvalue weighted by Gasteiger charge is -1.93. The molecule has 0 bridgehead atoms. The number of aryl methyl sites for hydroxylation is 2. The summed E-state index contributed by atoms with van der Waals surface area (Å²) in [6, 6.07) is 0. The summed E-state index contributed by atoms with van der Waals surface area (Å²) in [5.41, 5.74) is 6.60. The SMILES string of the molecule is CCc1ncn(C)c1N. The second-order valence-corrected chi connectivity index (χ2v) is 2.04. The molecule has 1 rings (SSSR count). The highest BCUT2D eigenvalue weighted by Crippen LogP contribution is 2.06. The molecule has 0 spiro atoms. The van der Waals surface area contributed by atoms with Crippen molar-refractivity contribution in [2.75, 3.05) is 5.73 Å². The molecule has 0 aliphatic rings. The van der Waals surface area contributed by atoms with Crippen LogP contribution in [-0.2, 0) is 13.5 Å². The van der Waals surface area contributed by atoms with Crippen LogP contribution in [0.1, 0.15) is 12.6 Å². The van der Waals surface area contributed by atoms with Crippen molar-refractivity contribution in [1.29, 1.82) is 0 Å². The van der Waals surface area contributed by atoms with E-state index in [2.05, 4.69) is 4.98 Å². The third-order valence-electron chi connectivity index (χ3n) is 1.40. The first-order valence-corrected chi connectivity index (χ1v) is 3.01. The summed E-state index contributed by atoms with van der Waals surface area (Å²) in [7, 11) is 1.89. The van der Waals surface area contributed by atoms with Gasteiger partial charge in [0.15, 0.2) is 0 Å². The molecule has 3 heteroatoms. The minimum absolute atomic E-state index is 0.775. The molecule has 1 heterocycles. The molecule has 0 unspecified atom stereocenters. The average Bonchev–Trinajstić information content (AvgIpc) is 2.15. The molecule has 0 aliphatic carbocycles. The molecule has 0 aromatic carbocycles. The van der Waals surface area contributed by atoms with Gasteiger partial charge in [-0.3, -0.25) is 0 Å². The summed E-state index contributed by atoms with van der Waals surface area (Å²) in [5, 5.41) is 0. The summed E-state index contributed by atoms with van der Waals surface area (Å²) in [4.78, 5) is 4.07. The van der Waals surface area contributed by atoms with Gasteiger partial charge in [0.05, 0.1) is 12.0 Å². The third kappa shape index (κ3) is 0.896. The van der Waals surface area contributed by atoms with Gasteiger partial charge in [0.2, 0.25) is 0 Å². The second kappa shape index (κ2) is 2.09. The number of hydrogen-bond acceptors (Lipinski definition) is 2. The van der Waals surface area contributed by atoms with Gasteiger partial charge in [0, 0.05) is 7.05 Å².